The van der Waals surface area contributed by atoms with Crippen molar-refractivity contribution in [2.75, 3.05) is 18.0 Å². The molecule has 1 saturated heterocycles. The fraction of sp³-hybridized carbons (Fsp3) is 0.261. The lowest BCUT2D eigenvalue weighted by molar-refractivity contribution is 0.426. The SMILES string of the molecule is Cc1ccc(-n2c(SCc3cc(-c4ccccc4)on3)nnc2N2CCCC2)cc1. The third-order valence-corrected chi connectivity index (χ3v) is 6.23. The van der Waals surface area contributed by atoms with Crippen molar-refractivity contribution in [3.63, 3.8) is 0 Å². The van der Waals surface area contributed by atoms with Gasteiger partial charge in [-0.15, -0.1) is 10.2 Å². The van der Waals surface area contributed by atoms with Gasteiger partial charge in [0, 0.05) is 30.5 Å². The van der Waals surface area contributed by atoms with Gasteiger partial charge in [-0.3, -0.25) is 4.57 Å². The summed E-state index contributed by atoms with van der Waals surface area (Å²) in [6, 6.07) is 20.5. The summed E-state index contributed by atoms with van der Waals surface area (Å²) in [6.45, 7) is 4.15. The van der Waals surface area contributed by atoms with Crippen LogP contribution in [0.1, 0.15) is 24.1 Å². The van der Waals surface area contributed by atoms with Crippen LogP contribution in [0.4, 0.5) is 5.95 Å². The molecule has 2 aromatic heterocycles. The van der Waals surface area contributed by atoms with Crippen LogP contribution < -0.4 is 4.90 Å². The van der Waals surface area contributed by atoms with E-state index in [0.717, 1.165) is 46.9 Å². The second-order valence-corrected chi connectivity index (χ2v) is 8.43. The minimum Gasteiger partial charge on any atom is -0.356 e. The van der Waals surface area contributed by atoms with Crippen molar-refractivity contribution in [3.05, 3.63) is 71.9 Å². The van der Waals surface area contributed by atoms with E-state index in [-0.39, 0.29) is 0 Å². The molecule has 0 unspecified atom stereocenters. The normalized spacial score (nSPS) is 13.8. The van der Waals surface area contributed by atoms with Crippen LogP contribution in [0, 0.1) is 6.92 Å². The number of nitrogens with zero attached hydrogens (tertiary/aromatic N) is 5. The largest absolute Gasteiger partial charge is 0.356 e. The third-order valence-electron chi connectivity index (χ3n) is 5.26. The van der Waals surface area contributed by atoms with Gasteiger partial charge in [-0.2, -0.15) is 0 Å². The summed E-state index contributed by atoms with van der Waals surface area (Å²) in [5.41, 5.74) is 4.24. The predicted molar refractivity (Wildman–Crippen MR) is 119 cm³/mol. The van der Waals surface area contributed by atoms with Crippen LogP contribution in [0.2, 0.25) is 0 Å². The van der Waals surface area contributed by atoms with E-state index in [4.69, 9.17) is 4.52 Å². The Hall–Kier alpha value is -3.06. The molecule has 1 aliphatic heterocycles. The first kappa shape index (κ1) is 18.9. The maximum absolute atomic E-state index is 5.54. The van der Waals surface area contributed by atoms with Gasteiger partial charge in [-0.05, 0) is 31.9 Å². The lowest BCUT2D eigenvalue weighted by Gasteiger charge is -2.18. The number of aryl methyl sites for hydroxylation is 1. The monoisotopic (exact) mass is 417 g/mol. The lowest BCUT2D eigenvalue weighted by Crippen LogP contribution is -2.22. The maximum atomic E-state index is 5.54. The standard InChI is InChI=1S/C23H23N5OS/c1-17-9-11-20(12-10-17)28-22(27-13-5-6-14-27)24-25-23(28)30-16-19-15-21(29-26-19)18-7-3-2-4-8-18/h2-4,7-12,15H,5-6,13-14,16H2,1H3. The van der Waals surface area contributed by atoms with Crippen molar-refractivity contribution in [2.24, 2.45) is 0 Å². The van der Waals surface area contributed by atoms with Crippen molar-refractivity contribution in [1.82, 2.24) is 19.9 Å². The molecule has 0 radical (unpaired) electrons. The Morgan fingerprint density at radius 2 is 1.73 bits per heavy atom. The average Bonchev–Trinajstić information content (AvgIpc) is 3.53. The predicted octanol–water partition coefficient (Wildman–Crippen LogP) is 5.12. The highest BCUT2D eigenvalue weighted by Crippen LogP contribution is 2.31. The molecule has 0 bridgehead atoms. The first-order chi connectivity index (χ1) is 14.8. The number of thioether (sulfide) groups is 1. The topological polar surface area (TPSA) is 60.0 Å². The molecule has 7 heteroatoms. The minimum absolute atomic E-state index is 0.667. The molecule has 5 rings (SSSR count). The van der Waals surface area contributed by atoms with Gasteiger partial charge in [0.05, 0.1) is 11.4 Å². The van der Waals surface area contributed by atoms with E-state index in [1.807, 2.05) is 36.4 Å². The zero-order chi connectivity index (χ0) is 20.3. The molecule has 3 heterocycles. The molecule has 6 nitrogen and oxygen atoms in total. The molecule has 4 aromatic rings. The van der Waals surface area contributed by atoms with Crippen LogP contribution >= 0.6 is 11.8 Å². The third kappa shape index (κ3) is 3.85. The summed E-state index contributed by atoms with van der Waals surface area (Å²) in [5.74, 6) is 2.37. The van der Waals surface area contributed by atoms with E-state index in [9.17, 15) is 0 Å². The fourth-order valence-electron chi connectivity index (χ4n) is 3.65. The number of benzene rings is 2. The van der Waals surface area contributed by atoms with Crippen LogP contribution in [0.15, 0.2) is 70.3 Å². The zero-order valence-electron chi connectivity index (χ0n) is 16.9. The van der Waals surface area contributed by atoms with Gasteiger partial charge in [0.1, 0.15) is 0 Å². The Labute approximate surface area is 179 Å². The molecular formula is C23H23N5OS. The zero-order valence-corrected chi connectivity index (χ0v) is 17.7. The van der Waals surface area contributed by atoms with Crippen molar-refractivity contribution >= 4 is 17.7 Å². The highest BCUT2D eigenvalue weighted by atomic mass is 32.2. The smallest absolute Gasteiger partial charge is 0.232 e. The summed E-state index contributed by atoms with van der Waals surface area (Å²) in [5, 5.41) is 14.2. The quantitative estimate of drug-likeness (QED) is 0.406. The van der Waals surface area contributed by atoms with E-state index >= 15 is 0 Å². The van der Waals surface area contributed by atoms with E-state index in [1.165, 1.54) is 18.4 Å². The summed E-state index contributed by atoms with van der Waals surface area (Å²) in [7, 11) is 0. The number of rotatable bonds is 6. The molecule has 0 amide bonds. The highest BCUT2D eigenvalue weighted by molar-refractivity contribution is 7.98. The van der Waals surface area contributed by atoms with Gasteiger partial charge in [-0.1, -0.05) is 64.9 Å². The molecule has 0 aliphatic carbocycles. The summed E-state index contributed by atoms with van der Waals surface area (Å²) >= 11 is 1.63. The van der Waals surface area contributed by atoms with Gasteiger partial charge in [0.25, 0.3) is 0 Å². The van der Waals surface area contributed by atoms with Gasteiger partial charge in [0.2, 0.25) is 5.95 Å². The second kappa shape index (κ2) is 8.36. The molecule has 0 spiro atoms. The van der Waals surface area contributed by atoms with Crippen LogP contribution in [0.25, 0.3) is 17.0 Å². The Morgan fingerprint density at radius 1 is 0.967 bits per heavy atom. The molecule has 1 fully saturated rings. The van der Waals surface area contributed by atoms with Crippen LogP contribution in [-0.4, -0.2) is 33.0 Å². The molecule has 0 N–H and O–H groups in total. The summed E-state index contributed by atoms with van der Waals surface area (Å²) < 4.78 is 7.70. The van der Waals surface area contributed by atoms with Crippen molar-refractivity contribution < 1.29 is 4.52 Å². The Morgan fingerprint density at radius 3 is 2.50 bits per heavy atom. The van der Waals surface area contributed by atoms with Gasteiger partial charge in [0.15, 0.2) is 10.9 Å². The van der Waals surface area contributed by atoms with Gasteiger partial charge >= 0.3 is 0 Å². The van der Waals surface area contributed by atoms with Crippen molar-refractivity contribution in [1.29, 1.82) is 0 Å². The maximum Gasteiger partial charge on any atom is 0.232 e. The van der Waals surface area contributed by atoms with Crippen molar-refractivity contribution in [2.45, 2.75) is 30.7 Å². The van der Waals surface area contributed by atoms with Crippen LogP contribution in [0.5, 0.6) is 0 Å². The first-order valence-corrected chi connectivity index (χ1v) is 11.2. The fourth-order valence-corrected chi connectivity index (χ4v) is 4.48. The van der Waals surface area contributed by atoms with Crippen LogP contribution in [0.3, 0.4) is 0 Å². The number of aromatic nitrogens is 4. The lowest BCUT2D eigenvalue weighted by atomic mass is 10.2. The first-order valence-electron chi connectivity index (χ1n) is 10.2. The summed E-state index contributed by atoms with van der Waals surface area (Å²) in [4.78, 5) is 2.32. The number of anilines is 1. The van der Waals surface area contributed by atoms with Crippen molar-refractivity contribution in [3.8, 4) is 17.0 Å². The molecule has 1 aliphatic rings. The summed E-state index contributed by atoms with van der Waals surface area (Å²) in [6.07, 6.45) is 2.40. The minimum atomic E-state index is 0.667. The van der Waals surface area contributed by atoms with E-state index in [1.54, 1.807) is 11.8 Å². The molecule has 0 atom stereocenters. The molecule has 2 aromatic carbocycles. The Bertz CT molecular complexity index is 1110. The Balaban J connectivity index is 1.40. The molecule has 152 valence electrons. The van der Waals surface area contributed by atoms with E-state index < -0.39 is 0 Å². The van der Waals surface area contributed by atoms with Gasteiger partial charge < -0.3 is 9.42 Å². The Kier molecular flexibility index (Phi) is 5.27. The molecule has 30 heavy (non-hydrogen) atoms. The number of hydrogen-bond acceptors (Lipinski definition) is 6. The number of hydrogen-bond donors (Lipinski definition) is 0. The highest BCUT2D eigenvalue weighted by Gasteiger charge is 2.22. The molecule has 0 saturated carbocycles. The van der Waals surface area contributed by atoms with E-state index in [0.29, 0.717) is 5.75 Å². The van der Waals surface area contributed by atoms with Crippen LogP contribution in [-0.2, 0) is 5.75 Å². The average molecular weight is 418 g/mol. The molecular weight excluding hydrogens is 394 g/mol. The van der Waals surface area contributed by atoms with Gasteiger partial charge in [-0.25, -0.2) is 0 Å². The van der Waals surface area contributed by atoms with E-state index in [2.05, 4.69) is 56.0 Å². The second-order valence-electron chi connectivity index (χ2n) is 7.48.